The van der Waals surface area contributed by atoms with E-state index in [1.165, 1.54) is 0 Å². The summed E-state index contributed by atoms with van der Waals surface area (Å²) in [6, 6.07) is 10.2. The van der Waals surface area contributed by atoms with Crippen LogP contribution in [0.3, 0.4) is 0 Å². The molecule has 6 heteroatoms. The Hall–Kier alpha value is -2.76. The molecule has 6 nitrogen and oxygen atoms in total. The van der Waals surface area contributed by atoms with Crippen molar-refractivity contribution < 1.29 is 4.74 Å². The molecular formula is C18H21N5O. The number of methoxy groups -OCH3 is 1. The zero-order chi connectivity index (χ0) is 16.5. The summed E-state index contributed by atoms with van der Waals surface area (Å²) < 4.78 is 7.39. The first-order valence-electron chi connectivity index (χ1n) is 8.17. The van der Waals surface area contributed by atoms with Crippen molar-refractivity contribution in [2.24, 2.45) is 7.05 Å². The van der Waals surface area contributed by atoms with Crippen LogP contribution in [0.1, 0.15) is 0 Å². The number of fused-ring (bicyclic) bond motifs is 1. The van der Waals surface area contributed by atoms with Gasteiger partial charge in [0.15, 0.2) is 0 Å². The third kappa shape index (κ3) is 2.44. The van der Waals surface area contributed by atoms with Crippen LogP contribution in [0.2, 0.25) is 0 Å². The summed E-state index contributed by atoms with van der Waals surface area (Å²) in [6.07, 6.45) is 3.77. The maximum Gasteiger partial charge on any atom is 0.142 e. The largest absolute Gasteiger partial charge is 0.495 e. The van der Waals surface area contributed by atoms with Gasteiger partial charge in [0, 0.05) is 39.4 Å². The number of piperazine rings is 1. The Kier molecular flexibility index (Phi) is 3.72. The lowest BCUT2D eigenvalue weighted by Gasteiger charge is -2.37. The van der Waals surface area contributed by atoms with Gasteiger partial charge in [-0.05, 0) is 18.2 Å². The van der Waals surface area contributed by atoms with Crippen molar-refractivity contribution >= 4 is 22.4 Å². The van der Waals surface area contributed by atoms with E-state index in [-0.39, 0.29) is 0 Å². The van der Waals surface area contributed by atoms with Crippen molar-refractivity contribution in [1.29, 1.82) is 0 Å². The molecular weight excluding hydrogens is 302 g/mol. The molecule has 1 saturated heterocycles. The van der Waals surface area contributed by atoms with Crippen LogP contribution in [0.25, 0.3) is 10.9 Å². The van der Waals surface area contributed by atoms with Gasteiger partial charge in [0.1, 0.15) is 11.6 Å². The summed E-state index contributed by atoms with van der Waals surface area (Å²) >= 11 is 0. The third-order valence-corrected chi connectivity index (χ3v) is 4.66. The second kappa shape index (κ2) is 6.03. The number of rotatable bonds is 3. The Morgan fingerprint density at radius 2 is 1.75 bits per heavy atom. The van der Waals surface area contributed by atoms with E-state index in [9.17, 15) is 0 Å². The van der Waals surface area contributed by atoms with E-state index in [0.29, 0.717) is 0 Å². The van der Waals surface area contributed by atoms with Crippen molar-refractivity contribution in [3.63, 3.8) is 0 Å². The summed E-state index contributed by atoms with van der Waals surface area (Å²) in [7, 11) is 3.69. The lowest BCUT2D eigenvalue weighted by Crippen LogP contribution is -2.47. The summed E-state index contributed by atoms with van der Waals surface area (Å²) in [5, 5.41) is 5.48. The summed E-state index contributed by atoms with van der Waals surface area (Å²) in [6.45, 7) is 3.75. The van der Waals surface area contributed by atoms with E-state index in [1.54, 1.807) is 7.11 Å². The summed E-state index contributed by atoms with van der Waals surface area (Å²) in [4.78, 5) is 9.32. The number of nitrogens with zero attached hydrogens (tertiary/aromatic N) is 5. The second-order valence-electron chi connectivity index (χ2n) is 5.98. The van der Waals surface area contributed by atoms with E-state index in [0.717, 1.165) is 54.3 Å². The Morgan fingerprint density at radius 1 is 1.00 bits per heavy atom. The minimum absolute atomic E-state index is 0.929. The van der Waals surface area contributed by atoms with Gasteiger partial charge in [-0.2, -0.15) is 5.10 Å². The highest BCUT2D eigenvalue weighted by Crippen LogP contribution is 2.30. The lowest BCUT2D eigenvalue weighted by molar-refractivity contribution is 0.413. The molecule has 0 spiro atoms. The first kappa shape index (κ1) is 14.8. The quantitative estimate of drug-likeness (QED) is 0.740. The topological polar surface area (TPSA) is 46.4 Å². The molecule has 1 fully saturated rings. The minimum Gasteiger partial charge on any atom is -0.495 e. The molecule has 0 atom stereocenters. The van der Waals surface area contributed by atoms with Gasteiger partial charge in [-0.15, -0.1) is 0 Å². The molecule has 0 bridgehead atoms. The predicted octanol–water partition coefficient (Wildman–Crippen LogP) is 2.30. The van der Waals surface area contributed by atoms with Crippen LogP contribution in [-0.4, -0.2) is 48.1 Å². The molecule has 24 heavy (non-hydrogen) atoms. The molecule has 3 aromatic rings. The second-order valence-corrected chi connectivity index (χ2v) is 5.98. The number of para-hydroxylation sites is 2. The average Bonchev–Trinajstić information content (AvgIpc) is 3.03. The van der Waals surface area contributed by atoms with Crippen molar-refractivity contribution in [3.05, 3.63) is 42.7 Å². The van der Waals surface area contributed by atoms with Crippen molar-refractivity contribution in [1.82, 2.24) is 14.8 Å². The van der Waals surface area contributed by atoms with Crippen molar-refractivity contribution in [3.8, 4) is 5.75 Å². The van der Waals surface area contributed by atoms with Gasteiger partial charge in [-0.25, -0.2) is 4.98 Å². The molecule has 0 radical (unpaired) electrons. The molecule has 2 aromatic heterocycles. The molecule has 3 heterocycles. The van der Waals surface area contributed by atoms with Gasteiger partial charge in [0.05, 0.1) is 29.9 Å². The molecule has 0 unspecified atom stereocenters. The highest BCUT2D eigenvalue weighted by molar-refractivity contribution is 5.89. The van der Waals surface area contributed by atoms with Gasteiger partial charge in [0.25, 0.3) is 0 Å². The van der Waals surface area contributed by atoms with E-state index in [1.807, 2.05) is 42.3 Å². The predicted molar refractivity (Wildman–Crippen MR) is 95.9 cm³/mol. The van der Waals surface area contributed by atoms with Gasteiger partial charge < -0.3 is 14.5 Å². The number of anilines is 2. The number of pyridine rings is 1. The van der Waals surface area contributed by atoms with E-state index < -0.39 is 0 Å². The first-order valence-corrected chi connectivity index (χ1v) is 8.17. The van der Waals surface area contributed by atoms with Crippen molar-refractivity contribution in [2.75, 3.05) is 43.1 Å². The Balaban J connectivity index is 1.55. The van der Waals surface area contributed by atoms with Crippen LogP contribution in [0.4, 0.5) is 11.5 Å². The molecule has 1 aromatic carbocycles. The number of hydrogen-bond acceptors (Lipinski definition) is 5. The van der Waals surface area contributed by atoms with E-state index >= 15 is 0 Å². The van der Waals surface area contributed by atoms with Crippen LogP contribution in [0, 0.1) is 0 Å². The molecule has 1 aliphatic heterocycles. The Labute approximate surface area is 141 Å². The zero-order valence-corrected chi connectivity index (χ0v) is 14.0. The molecule has 0 aliphatic carbocycles. The van der Waals surface area contributed by atoms with E-state index in [4.69, 9.17) is 4.74 Å². The van der Waals surface area contributed by atoms with Gasteiger partial charge in [-0.1, -0.05) is 12.1 Å². The van der Waals surface area contributed by atoms with Crippen molar-refractivity contribution in [2.45, 2.75) is 0 Å². The number of benzene rings is 1. The number of ether oxygens (including phenoxy) is 1. The molecule has 0 saturated carbocycles. The first-order chi connectivity index (χ1) is 11.8. The maximum absolute atomic E-state index is 5.49. The number of aryl methyl sites for hydroxylation is 1. The summed E-state index contributed by atoms with van der Waals surface area (Å²) in [5.74, 6) is 1.96. The van der Waals surface area contributed by atoms with Gasteiger partial charge in [0.2, 0.25) is 0 Å². The van der Waals surface area contributed by atoms with Gasteiger partial charge in [-0.3, -0.25) is 4.68 Å². The van der Waals surface area contributed by atoms with Crippen LogP contribution >= 0.6 is 0 Å². The lowest BCUT2D eigenvalue weighted by atomic mass is 10.2. The standard InChI is InChI=1S/C18H21N5O/c1-21-15-7-8-19-18(14(15)13-20-21)23-11-9-22(10-12-23)16-5-3-4-6-17(16)24-2/h3-8,13H,9-12H2,1-2H3. The fourth-order valence-electron chi connectivity index (χ4n) is 3.37. The van der Waals surface area contributed by atoms with Gasteiger partial charge >= 0.3 is 0 Å². The van der Waals surface area contributed by atoms with Crippen LogP contribution in [0.5, 0.6) is 5.75 Å². The third-order valence-electron chi connectivity index (χ3n) is 4.66. The Bertz CT molecular complexity index is 851. The monoisotopic (exact) mass is 323 g/mol. The highest BCUT2D eigenvalue weighted by atomic mass is 16.5. The van der Waals surface area contributed by atoms with Crippen LogP contribution in [0.15, 0.2) is 42.7 Å². The Morgan fingerprint density at radius 3 is 2.54 bits per heavy atom. The molecule has 1 aliphatic rings. The number of aromatic nitrogens is 3. The minimum atomic E-state index is 0.929. The van der Waals surface area contributed by atoms with E-state index in [2.05, 4.69) is 32.0 Å². The molecule has 0 N–H and O–H groups in total. The average molecular weight is 323 g/mol. The molecule has 124 valence electrons. The highest BCUT2D eigenvalue weighted by Gasteiger charge is 2.22. The normalized spacial score (nSPS) is 15.1. The summed E-state index contributed by atoms with van der Waals surface area (Å²) in [5.41, 5.74) is 2.28. The smallest absolute Gasteiger partial charge is 0.142 e. The SMILES string of the molecule is COc1ccccc1N1CCN(c2nccc3c2cnn3C)CC1. The van der Waals surface area contributed by atoms with Crippen LogP contribution in [-0.2, 0) is 7.05 Å². The fraction of sp³-hybridized carbons (Fsp3) is 0.333. The zero-order valence-electron chi connectivity index (χ0n) is 14.0. The fourth-order valence-corrected chi connectivity index (χ4v) is 3.37. The number of hydrogen-bond donors (Lipinski definition) is 0. The molecule has 4 rings (SSSR count). The maximum atomic E-state index is 5.49. The molecule has 0 amide bonds. The van der Waals surface area contributed by atoms with Crippen LogP contribution < -0.4 is 14.5 Å².